The lowest BCUT2D eigenvalue weighted by molar-refractivity contribution is 0.0948. The van der Waals surface area contributed by atoms with Gasteiger partial charge in [0.15, 0.2) is 5.82 Å². The zero-order chi connectivity index (χ0) is 19.9. The third kappa shape index (κ3) is 4.85. The van der Waals surface area contributed by atoms with Gasteiger partial charge >= 0.3 is 0 Å². The molecule has 0 unspecified atom stereocenters. The number of anilines is 3. The van der Waals surface area contributed by atoms with Gasteiger partial charge in [-0.1, -0.05) is 37.3 Å². The van der Waals surface area contributed by atoms with Gasteiger partial charge in [0, 0.05) is 43.6 Å². The Morgan fingerprint density at radius 1 is 1.00 bits per heavy atom. The smallest absolute Gasteiger partial charge is 0.270 e. The normalized spacial score (nSPS) is 10.4. The van der Waals surface area contributed by atoms with E-state index in [2.05, 4.69) is 20.6 Å². The lowest BCUT2D eigenvalue weighted by Gasteiger charge is -2.14. The molecule has 0 aliphatic carbocycles. The van der Waals surface area contributed by atoms with Crippen molar-refractivity contribution in [2.45, 2.75) is 13.3 Å². The number of carbonyl (C=O) groups excluding carboxylic acids is 1. The third-order valence-electron chi connectivity index (χ3n) is 4.18. The Labute approximate surface area is 165 Å². The molecule has 0 spiro atoms. The predicted octanol–water partition coefficient (Wildman–Crippen LogP) is 4.09. The van der Waals surface area contributed by atoms with Gasteiger partial charge in [-0.2, -0.15) is 0 Å². The van der Waals surface area contributed by atoms with Gasteiger partial charge in [0.05, 0.1) is 0 Å². The number of nitrogens with zero attached hydrogens (tertiary/aromatic N) is 3. The van der Waals surface area contributed by atoms with Crippen LogP contribution in [0.3, 0.4) is 0 Å². The molecule has 0 saturated carbocycles. The Kier molecular flexibility index (Phi) is 6.22. The van der Waals surface area contributed by atoms with Gasteiger partial charge in [-0.3, -0.25) is 4.79 Å². The first-order valence-electron chi connectivity index (χ1n) is 9.34. The number of amides is 1. The molecule has 1 amide bonds. The molecule has 0 aliphatic heterocycles. The largest absolute Gasteiger partial charge is 0.378 e. The van der Waals surface area contributed by atoms with Crippen LogP contribution in [0, 0.1) is 0 Å². The van der Waals surface area contributed by atoms with Crippen LogP contribution in [0.15, 0.2) is 60.7 Å². The Hall–Kier alpha value is -3.41. The van der Waals surface area contributed by atoms with Crippen LogP contribution in [0.2, 0.25) is 0 Å². The maximum atomic E-state index is 12.5. The first-order chi connectivity index (χ1) is 13.6. The topological polar surface area (TPSA) is 70.2 Å². The monoisotopic (exact) mass is 375 g/mol. The minimum atomic E-state index is -0.201. The molecular formula is C22H25N5O. The zero-order valence-electron chi connectivity index (χ0n) is 16.4. The first kappa shape index (κ1) is 19.4. The van der Waals surface area contributed by atoms with Gasteiger partial charge < -0.3 is 15.5 Å². The fourth-order valence-corrected chi connectivity index (χ4v) is 2.66. The predicted molar refractivity (Wildman–Crippen MR) is 114 cm³/mol. The SMILES string of the molecule is CCCNC(=O)c1cc(Nc2ccc(N(C)C)cc2)nc(-c2ccccc2)n1. The lowest BCUT2D eigenvalue weighted by Crippen LogP contribution is -2.25. The maximum absolute atomic E-state index is 12.5. The summed E-state index contributed by atoms with van der Waals surface area (Å²) in [7, 11) is 4.00. The summed E-state index contributed by atoms with van der Waals surface area (Å²) in [6.07, 6.45) is 0.867. The van der Waals surface area contributed by atoms with Crippen LogP contribution in [0.5, 0.6) is 0 Å². The second kappa shape index (κ2) is 8.99. The molecule has 0 aliphatic rings. The molecule has 6 nitrogen and oxygen atoms in total. The average molecular weight is 375 g/mol. The van der Waals surface area contributed by atoms with Crippen molar-refractivity contribution in [1.29, 1.82) is 0 Å². The van der Waals surface area contributed by atoms with Gasteiger partial charge in [-0.15, -0.1) is 0 Å². The van der Waals surface area contributed by atoms with Crippen molar-refractivity contribution >= 4 is 23.1 Å². The fourth-order valence-electron chi connectivity index (χ4n) is 2.66. The van der Waals surface area contributed by atoms with Crippen LogP contribution in [-0.2, 0) is 0 Å². The minimum absolute atomic E-state index is 0.201. The van der Waals surface area contributed by atoms with Crippen LogP contribution in [-0.4, -0.2) is 36.5 Å². The zero-order valence-corrected chi connectivity index (χ0v) is 16.4. The van der Waals surface area contributed by atoms with Crippen LogP contribution in [0.25, 0.3) is 11.4 Å². The first-order valence-corrected chi connectivity index (χ1v) is 9.34. The standard InChI is InChI=1S/C22H25N5O/c1-4-14-23-22(28)19-15-20(24-17-10-12-18(13-11-17)27(2)3)26-21(25-19)16-8-6-5-7-9-16/h5-13,15H,4,14H2,1-3H3,(H,23,28)(H,24,25,26). The molecule has 1 aromatic heterocycles. The number of hydrogen-bond acceptors (Lipinski definition) is 5. The molecule has 3 aromatic rings. The third-order valence-corrected chi connectivity index (χ3v) is 4.18. The van der Waals surface area contributed by atoms with E-state index in [1.165, 1.54) is 0 Å². The molecule has 2 aromatic carbocycles. The summed E-state index contributed by atoms with van der Waals surface area (Å²) in [5.41, 5.74) is 3.20. The highest BCUT2D eigenvalue weighted by Gasteiger charge is 2.13. The number of rotatable bonds is 7. The van der Waals surface area contributed by atoms with E-state index in [-0.39, 0.29) is 5.91 Å². The molecule has 6 heteroatoms. The second-order valence-electron chi connectivity index (χ2n) is 6.65. The summed E-state index contributed by atoms with van der Waals surface area (Å²) >= 11 is 0. The highest BCUT2D eigenvalue weighted by molar-refractivity contribution is 5.93. The van der Waals surface area contributed by atoms with Crippen LogP contribution >= 0.6 is 0 Å². The molecule has 0 fully saturated rings. The van der Waals surface area contributed by atoms with E-state index in [0.29, 0.717) is 23.9 Å². The maximum Gasteiger partial charge on any atom is 0.270 e. The van der Waals surface area contributed by atoms with E-state index >= 15 is 0 Å². The molecule has 3 rings (SSSR count). The molecule has 1 heterocycles. The van der Waals surface area contributed by atoms with Gasteiger partial charge in [-0.05, 0) is 30.7 Å². The fraction of sp³-hybridized carbons (Fsp3) is 0.227. The van der Waals surface area contributed by atoms with Gasteiger partial charge in [0.25, 0.3) is 5.91 Å². The van der Waals surface area contributed by atoms with E-state index in [1.807, 2.05) is 80.5 Å². The van der Waals surface area contributed by atoms with Crippen molar-refractivity contribution in [1.82, 2.24) is 15.3 Å². The highest BCUT2D eigenvalue weighted by atomic mass is 16.1. The quantitative estimate of drug-likeness (QED) is 0.651. The van der Waals surface area contributed by atoms with Crippen molar-refractivity contribution in [3.05, 3.63) is 66.4 Å². The number of benzene rings is 2. The van der Waals surface area contributed by atoms with E-state index in [1.54, 1.807) is 6.07 Å². The summed E-state index contributed by atoms with van der Waals surface area (Å²) in [5, 5.41) is 6.16. The molecular weight excluding hydrogens is 350 g/mol. The van der Waals surface area contributed by atoms with E-state index in [9.17, 15) is 4.79 Å². The Morgan fingerprint density at radius 2 is 1.71 bits per heavy atom. The summed E-state index contributed by atoms with van der Waals surface area (Å²) in [5.74, 6) is 0.887. The number of hydrogen-bond donors (Lipinski definition) is 2. The highest BCUT2D eigenvalue weighted by Crippen LogP contribution is 2.22. The summed E-state index contributed by atoms with van der Waals surface area (Å²) in [4.78, 5) is 23.6. The molecule has 0 saturated heterocycles. The van der Waals surface area contributed by atoms with Crippen molar-refractivity contribution < 1.29 is 4.79 Å². The minimum Gasteiger partial charge on any atom is -0.378 e. The lowest BCUT2D eigenvalue weighted by atomic mass is 10.2. The Morgan fingerprint density at radius 3 is 2.36 bits per heavy atom. The number of nitrogens with one attached hydrogen (secondary N) is 2. The molecule has 2 N–H and O–H groups in total. The van der Waals surface area contributed by atoms with Crippen molar-refractivity contribution in [3.63, 3.8) is 0 Å². The van der Waals surface area contributed by atoms with Crippen LogP contribution in [0.1, 0.15) is 23.8 Å². The Balaban J connectivity index is 1.93. The number of carbonyl (C=O) groups is 1. The van der Waals surface area contributed by atoms with Gasteiger partial charge in [0.1, 0.15) is 11.5 Å². The number of aromatic nitrogens is 2. The van der Waals surface area contributed by atoms with E-state index in [4.69, 9.17) is 0 Å². The molecule has 0 atom stereocenters. The molecule has 0 bridgehead atoms. The van der Waals surface area contributed by atoms with E-state index < -0.39 is 0 Å². The summed E-state index contributed by atoms with van der Waals surface area (Å²) in [6, 6.07) is 19.3. The summed E-state index contributed by atoms with van der Waals surface area (Å²) < 4.78 is 0. The Bertz CT molecular complexity index is 923. The van der Waals surface area contributed by atoms with Crippen LogP contribution < -0.4 is 15.5 Å². The average Bonchev–Trinajstić information content (AvgIpc) is 2.72. The molecule has 28 heavy (non-hydrogen) atoms. The van der Waals surface area contributed by atoms with Crippen molar-refractivity contribution in [2.75, 3.05) is 30.9 Å². The van der Waals surface area contributed by atoms with Crippen LogP contribution in [0.4, 0.5) is 17.2 Å². The van der Waals surface area contributed by atoms with E-state index in [0.717, 1.165) is 23.4 Å². The van der Waals surface area contributed by atoms with Crippen molar-refractivity contribution in [2.24, 2.45) is 0 Å². The second-order valence-corrected chi connectivity index (χ2v) is 6.65. The van der Waals surface area contributed by atoms with Gasteiger partial charge in [-0.25, -0.2) is 9.97 Å². The van der Waals surface area contributed by atoms with Crippen molar-refractivity contribution in [3.8, 4) is 11.4 Å². The summed E-state index contributed by atoms with van der Waals surface area (Å²) in [6.45, 7) is 2.62. The molecule has 144 valence electrons. The molecule has 0 radical (unpaired) electrons. The van der Waals surface area contributed by atoms with Gasteiger partial charge in [0.2, 0.25) is 0 Å².